The van der Waals surface area contributed by atoms with E-state index in [-0.39, 0.29) is 0 Å². The number of anilines is 3. The Morgan fingerprint density at radius 1 is 1.14 bits per heavy atom. The zero-order valence-electron chi connectivity index (χ0n) is 19.9. The van der Waals surface area contributed by atoms with E-state index in [1.807, 2.05) is 6.92 Å². The van der Waals surface area contributed by atoms with Crippen LogP contribution in [0.25, 0.3) is 16.9 Å². The molecule has 11 heteroatoms. The Labute approximate surface area is 207 Å². The molecule has 182 valence electrons. The molecule has 0 atom stereocenters. The Kier molecular flexibility index (Phi) is 6.27. The van der Waals surface area contributed by atoms with Crippen LogP contribution in [0.4, 0.5) is 22.0 Å². The number of carbonyl (C=O) groups excluding carboxylic acids is 1. The monoisotopic (exact) mass is 492 g/mol. The van der Waals surface area contributed by atoms with Crippen molar-refractivity contribution in [2.24, 2.45) is 5.73 Å². The number of ether oxygens (including phenoxy) is 1. The van der Waals surface area contributed by atoms with Crippen molar-refractivity contribution >= 4 is 40.3 Å². The lowest BCUT2D eigenvalue weighted by molar-refractivity contribution is 0.209. The molecule has 0 aliphatic carbocycles. The smallest absolute Gasteiger partial charge is 0.399 e. The number of aryl methyl sites for hydroxylation is 1. The van der Waals surface area contributed by atoms with Gasteiger partial charge in [0.15, 0.2) is 16.5 Å². The molecule has 0 radical (unpaired) electrons. The largest absolute Gasteiger partial charge is 0.410 e. The summed E-state index contributed by atoms with van der Waals surface area (Å²) >= 11 is 1.34. The first-order valence-corrected chi connectivity index (χ1v) is 12.3. The van der Waals surface area contributed by atoms with Crippen LogP contribution in [-0.4, -0.2) is 62.8 Å². The summed E-state index contributed by atoms with van der Waals surface area (Å²) < 4.78 is 6.76. The molecule has 0 unspecified atom stereocenters. The standard InChI is InChI=1S/C24H28N8O2S/c1-15(2)30-8-10-31(11-9-30)18-6-4-17(5-7-18)29-22-23-27-14-28-32(23)20(13-26-22)19-12-21(34-24(25)33)35-16(19)3/h4-7,12-15H,8-11H2,1-3H3,(H2,25,33)(H,26,29). The number of aromatic nitrogens is 4. The van der Waals surface area contributed by atoms with E-state index < -0.39 is 6.09 Å². The second-order valence-corrected chi connectivity index (χ2v) is 9.95. The highest BCUT2D eigenvalue weighted by Crippen LogP contribution is 2.36. The van der Waals surface area contributed by atoms with Crippen LogP contribution in [0.1, 0.15) is 18.7 Å². The third-order valence-electron chi connectivity index (χ3n) is 6.22. The Morgan fingerprint density at radius 3 is 2.57 bits per heavy atom. The summed E-state index contributed by atoms with van der Waals surface area (Å²) in [6.45, 7) is 10.7. The number of piperazine rings is 1. The molecule has 35 heavy (non-hydrogen) atoms. The number of fused-ring (bicyclic) bond motifs is 1. The maximum atomic E-state index is 11.1. The molecule has 0 spiro atoms. The molecule has 4 aromatic rings. The van der Waals surface area contributed by atoms with Crippen LogP contribution in [0.5, 0.6) is 5.06 Å². The van der Waals surface area contributed by atoms with Crippen molar-refractivity contribution in [2.45, 2.75) is 26.8 Å². The number of hydrogen-bond acceptors (Lipinski definition) is 9. The van der Waals surface area contributed by atoms with Gasteiger partial charge in [0.05, 0.1) is 11.9 Å². The minimum Gasteiger partial charge on any atom is -0.399 e. The lowest BCUT2D eigenvalue weighted by Gasteiger charge is -2.38. The number of nitrogens with zero attached hydrogens (tertiary/aromatic N) is 6. The van der Waals surface area contributed by atoms with E-state index in [4.69, 9.17) is 10.5 Å². The molecule has 0 bridgehead atoms. The van der Waals surface area contributed by atoms with Gasteiger partial charge in [-0.3, -0.25) is 4.90 Å². The lowest BCUT2D eigenvalue weighted by atomic mass is 10.2. The van der Waals surface area contributed by atoms with Gasteiger partial charge in [-0.15, -0.1) is 11.3 Å². The van der Waals surface area contributed by atoms with Crippen LogP contribution >= 0.6 is 11.3 Å². The number of thiophene rings is 1. The quantitative estimate of drug-likeness (QED) is 0.417. The highest BCUT2D eigenvalue weighted by Gasteiger charge is 2.20. The molecule has 3 aromatic heterocycles. The van der Waals surface area contributed by atoms with E-state index in [1.165, 1.54) is 23.4 Å². The maximum Gasteiger partial charge on any atom is 0.410 e. The van der Waals surface area contributed by atoms with Gasteiger partial charge in [0.2, 0.25) is 0 Å². The average molecular weight is 493 g/mol. The van der Waals surface area contributed by atoms with Crippen molar-refractivity contribution in [3.63, 3.8) is 0 Å². The number of amides is 1. The molecule has 1 amide bonds. The molecule has 3 N–H and O–H groups in total. The second kappa shape index (κ2) is 9.51. The van der Waals surface area contributed by atoms with Gasteiger partial charge in [-0.25, -0.2) is 19.3 Å². The normalized spacial score (nSPS) is 14.6. The highest BCUT2D eigenvalue weighted by molar-refractivity contribution is 7.14. The van der Waals surface area contributed by atoms with Gasteiger partial charge in [0.25, 0.3) is 0 Å². The Hall–Kier alpha value is -3.70. The van der Waals surface area contributed by atoms with E-state index in [0.29, 0.717) is 22.6 Å². The van der Waals surface area contributed by atoms with Crippen molar-refractivity contribution in [1.29, 1.82) is 0 Å². The molecule has 5 rings (SSSR count). The first-order chi connectivity index (χ1) is 16.9. The van der Waals surface area contributed by atoms with Crippen LogP contribution < -0.4 is 20.7 Å². The number of benzene rings is 1. The molecular weight excluding hydrogens is 464 g/mol. The first-order valence-electron chi connectivity index (χ1n) is 11.5. The number of nitrogens with two attached hydrogens (primary N) is 1. The van der Waals surface area contributed by atoms with E-state index in [9.17, 15) is 4.79 Å². The van der Waals surface area contributed by atoms with Crippen molar-refractivity contribution in [1.82, 2.24) is 24.5 Å². The SMILES string of the molecule is Cc1sc(OC(N)=O)cc1-c1cnc(Nc2ccc(N3CCN(C(C)C)CC3)cc2)c2ncnn12. The Bertz CT molecular complexity index is 1340. The average Bonchev–Trinajstić information content (AvgIpc) is 3.47. The maximum absolute atomic E-state index is 11.1. The molecule has 10 nitrogen and oxygen atoms in total. The second-order valence-electron chi connectivity index (χ2n) is 8.73. The van der Waals surface area contributed by atoms with Crippen molar-refractivity contribution in [3.8, 4) is 16.3 Å². The van der Waals surface area contributed by atoms with Gasteiger partial charge in [-0.1, -0.05) is 0 Å². The van der Waals surface area contributed by atoms with E-state index in [1.54, 1.807) is 16.8 Å². The fraction of sp³-hybridized carbons (Fsp3) is 0.333. The highest BCUT2D eigenvalue weighted by atomic mass is 32.1. The minimum absolute atomic E-state index is 0.422. The molecule has 1 aliphatic rings. The fourth-order valence-electron chi connectivity index (χ4n) is 4.34. The van der Waals surface area contributed by atoms with Crippen LogP contribution in [0.2, 0.25) is 0 Å². The van der Waals surface area contributed by atoms with Gasteiger partial charge in [0.1, 0.15) is 6.33 Å². The van der Waals surface area contributed by atoms with Crippen LogP contribution in [0.15, 0.2) is 42.9 Å². The van der Waals surface area contributed by atoms with E-state index >= 15 is 0 Å². The van der Waals surface area contributed by atoms with Gasteiger partial charge in [-0.05, 0) is 45.0 Å². The molecule has 1 aromatic carbocycles. The van der Waals surface area contributed by atoms with Crippen LogP contribution in [-0.2, 0) is 0 Å². The van der Waals surface area contributed by atoms with Gasteiger partial charge >= 0.3 is 6.09 Å². The third-order valence-corrected chi connectivity index (χ3v) is 7.14. The minimum atomic E-state index is -0.842. The lowest BCUT2D eigenvalue weighted by Crippen LogP contribution is -2.48. The fourth-order valence-corrected chi connectivity index (χ4v) is 5.21. The zero-order chi connectivity index (χ0) is 24.5. The van der Waals surface area contributed by atoms with E-state index in [2.05, 4.69) is 68.3 Å². The third kappa shape index (κ3) is 4.77. The summed E-state index contributed by atoms with van der Waals surface area (Å²) in [6.07, 6.45) is 2.38. The summed E-state index contributed by atoms with van der Waals surface area (Å²) in [4.78, 5) is 26.0. The van der Waals surface area contributed by atoms with Crippen molar-refractivity contribution in [3.05, 3.63) is 47.7 Å². The molecule has 1 aliphatic heterocycles. The van der Waals surface area contributed by atoms with Crippen LogP contribution in [0.3, 0.4) is 0 Å². The number of hydrogen-bond donors (Lipinski definition) is 2. The van der Waals surface area contributed by atoms with Gasteiger partial charge < -0.3 is 20.7 Å². The number of carbonyl (C=O) groups is 1. The molecule has 1 fully saturated rings. The van der Waals surface area contributed by atoms with Gasteiger partial charge in [-0.2, -0.15) is 5.10 Å². The number of primary amides is 1. The molecule has 1 saturated heterocycles. The Morgan fingerprint density at radius 2 is 1.89 bits per heavy atom. The topological polar surface area (TPSA) is 114 Å². The number of nitrogens with one attached hydrogen (secondary N) is 1. The molecular formula is C24H28N8O2S. The van der Waals surface area contributed by atoms with Crippen molar-refractivity contribution < 1.29 is 9.53 Å². The summed E-state index contributed by atoms with van der Waals surface area (Å²) in [7, 11) is 0. The molecule has 0 saturated carbocycles. The summed E-state index contributed by atoms with van der Waals surface area (Å²) in [5.74, 6) is 0.603. The summed E-state index contributed by atoms with van der Waals surface area (Å²) in [6, 6.07) is 10.7. The van der Waals surface area contributed by atoms with Crippen LogP contribution in [0, 0.1) is 6.92 Å². The summed E-state index contributed by atoms with van der Waals surface area (Å²) in [5, 5.41) is 8.18. The van der Waals surface area contributed by atoms with E-state index in [0.717, 1.165) is 48.0 Å². The van der Waals surface area contributed by atoms with Crippen molar-refractivity contribution in [2.75, 3.05) is 36.4 Å². The molecule has 4 heterocycles. The Balaban J connectivity index is 1.34. The van der Waals surface area contributed by atoms with Gasteiger partial charge in [0, 0.05) is 60.1 Å². The predicted octanol–water partition coefficient (Wildman–Crippen LogP) is 3.89. The number of rotatable bonds is 6. The predicted molar refractivity (Wildman–Crippen MR) is 138 cm³/mol. The summed E-state index contributed by atoms with van der Waals surface area (Å²) in [5.41, 5.74) is 9.48. The zero-order valence-corrected chi connectivity index (χ0v) is 20.7. The first kappa shape index (κ1) is 23.1.